The van der Waals surface area contributed by atoms with Crippen LogP contribution in [0.15, 0.2) is 66.7 Å². The van der Waals surface area contributed by atoms with Gasteiger partial charge >= 0.3 is 0 Å². The summed E-state index contributed by atoms with van der Waals surface area (Å²) in [5.41, 5.74) is 2.77. The summed E-state index contributed by atoms with van der Waals surface area (Å²) < 4.78 is 32.4. The van der Waals surface area contributed by atoms with E-state index in [2.05, 4.69) is 10.2 Å². The van der Waals surface area contributed by atoms with Gasteiger partial charge in [-0.05, 0) is 53.6 Å². The van der Waals surface area contributed by atoms with Crippen LogP contribution in [-0.2, 0) is 4.79 Å². The fourth-order valence-electron chi connectivity index (χ4n) is 4.49. The number of piperazine rings is 1. The number of nitrogens with zero attached hydrogens (tertiary/aromatic N) is 2. The van der Waals surface area contributed by atoms with Gasteiger partial charge in [0.1, 0.15) is 17.4 Å². The molecule has 0 atom stereocenters. The van der Waals surface area contributed by atoms with Gasteiger partial charge in [-0.1, -0.05) is 24.3 Å². The Morgan fingerprint density at radius 1 is 0.853 bits per heavy atom. The number of halogens is 2. The lowest BCUT2D eigenvalue weighted by Gasteiger charge is -2.40. The highest BCUT2D eigenvalue weighted by Gasteiger charge is 2.29. The Kier molecular flexibility index (Phi) is 5.98. The SMILES string of the molecule is O=C1COc2ccc(C(=O)N3CCN(C(c4ccc(F)cc4)c4ccc(F)cc4)CC3)cc2N1. The Hall–Kier alpha value is -3.78. The normalized spacial score (nSPS) is 16.1. The molecule has 0 bridgehead atoms. The molecule has 3 aromatic carbocycles. The number of amides is 2. The number of rotatable bonds is 4. The van der Waals surface area contributed by atoms with Crippen molar-refractivity contribution in [3.8, 4) is 5.75 Å². The van der Waals surface area contributed by atoms with Crippen LogP contribution in [-0.4, -0.2) is 54.4 Å². The third kappa shape index (κ3) is 4.49. The predicted molar refractivity (Wildman–Crippen MR) is 123 cm³/mol. The average molecular weight is 463 g/mol. The number of carbonyl (C=O) groups is 2. The van der Waals surface area contributed by atoms with Gasteiger partial charge in [0.05, 0.1) is 11.7 Å². The zero-order valence-electron chi connectivity index (χ0n) is 18.3. The van der Waals surface area contributed by atoms with Crippen LogP contribution in [0.5, 0.6) is 5.75 Å². The molecule has 0 saturated carbocycles. The van der Waals surface area contributed by atoms with Crippen molar-refractivity contribution in [3.63, 3.8) is 0 Å². The van der Waals surface area contributed by atoms with Crippen LogP contribution in [0.4, 0.5) is 14.5 Å². The van der Waals surface area contributed by atoms with Gasteiger partial charge in [0.15, 0.2) is 6.61 Å². The molecule has 2 amide bonds. The standard InChI is InChI=1S/C26H23F2N3O3/c27-20-6-1-17(2-7-20)25(18-3-8-21(28)9-4-18)30-11-13-31(14-12-30)26(33)19-5-10-23-22(15-19)29-24(32)16-34-23/h1-10,15,25H,11-14,16H2,(H,29,32). The molecule has 5 rings (SSSR count). The first-order valence-electron chi connectivity index (χ1n) is 11.1. The molecule has 1 fully saturated rings. The Bertz CT molecular complexity index is 1160. The molecule has 8 heteroatoms. The van der Waals surface area contributed by atoms with Crippen molar-refractivity contribution in [3.05, 3.63) is 95.1 Å². The summed E-state index contributed by atoms with van der Waals surface area (Å²) in [7, 11) is 0. The summed E-state index contributed by atoms with van der Waals surface area (Å²) in [4.78, 5) is 28.7. The molecule has 34 heavy (non-hydrogen) atoms. The summed E-state index contributed by atoms with van der Waals surface area (Å²) >= 11 is 0. The average Bonchev–Trinajstić information content (AvgIpc) is 2.86. The van der Waals surface area contributed by atoms with Gasteiger partial charge in [0.2, 0.25) is 0 Å². The van der Waals surface area contributed by atoms with Gasteiger partial charge in [-0.2, -0.15) is 0 Å². The van der Waals surface area contributed by atoms with Gasteiger partial charge in [0.25, 0.3) is 11.8 Å². The minimum absolute atomic E-state index is 0.0362. The number of hydrogen-bond donors (Lipinski definition) is 1. The molecule has 2 aliphatic rings. The summed E-state index contributed by atoms with van der Waals surface area (Å²) in [5, 5.41) is 2.73. The number of benzene rings is 3. The number of fused-ring (bicyclic) bond motifs is 1. The van der Waals surface area contributed by atoms with E-state index in [0.717, 1.165) is 11.1 Å². The largest absolute Gasteiger partial charge is 0.482 e. The molecule has 174 valence electrons. The molecule has 0 spiro atoms. The summed E-state index contributed by atoms with van der Waals surface area (Å²) in [6.07, 6.45) is 0. The molecule has 0 unspecified atom stereocenters. The molecule has 1 N–H and O–H groups in total. The molecule has 6 nitrogen and oxygen atoms in total. The molecular formula is C26H23F2N3O3. The lowest BCUT2D eigenvalue weighted by Crippen LogP contribution is -2.49. The van der Waals surface area contributed by atoms with Crippen LogP contribution in [0.25, 0.3) is 0 Å². The molecule has 2 aliphatic heterocycles. The van der Waals surface area contributed by atoms with Crippen molar-refractivity contribution >= 4 is 17.5 Å². The third-order valence-corrected chi connectivity index (χ3v) is 6.20. The first kappa shape index (κ1) is 22.0. The summed E-state index contributed by atoms with van der Waals surface area (Å²) in [5.74, 6) is -0.463. The maximum Gasteiger partial charge on any atom is 0.262 e. The maximum atomic E-state index is 13.5. The van der Waals surface area contributed by atoms with Gasteiger partial charge in [-0.25, -0.2) is 8.78 Å². The molecule has 0 radical (unpaired) electrons. The third-order valence-electron chi connectivity index (χ3n) is 6.20. The van der Waals surface area contributed by atoms with E-state index in [0.29, 0.717) is 43.2 Å². The lowest BCUT2D eigenvalue weighted by molar-refractivity contribution is -0.118. The highest BCUT2D eigenvalue weighted by atomic mass is 19.1. The number of anilines is 1. The van der Waals surface area contributed by atoms with E-state index in [1.54, 1.807) is 47.4 Å². The Balaban J connectivity index is 1.33. The molecular weight excluding hydrogens is 440 g/mol. The van der Waals surface area contributed by atoms with Crippen molar-refractivity contribution in [1.82, 2.24) is 9.80 Å². The number of hydrogen-bond acceptors (Lipinski definition) is 4. The zero-order chi connectivity index (χ0) is 23.7. The van der Waals surface area contributed by atoms with Crippen LogP contribution in [0.3, 0.4) is 0 Å². The van der Waals surface area contributed by atoms with Crippen molar-refractivity contribution in [2.75, 3.05) is 38.1 Å². The molecule has 2 heterocycles. The Labute approximate surface area is 195 Å². The number of ether oxygens (including phenoxy) is 1. The smallest absolute Gasteiger partial charge is 0.262 e. The molecule has 1 saturated heterocycles. The topological polar surface area (TPSA) is 61.9 Å². The van der Waals surface area contributed by atoms with Crippen LogP contribution in [0.2, 0.25) is 0 Å². The highest BCUT2D eigenvalue weighted by Crippen LogP contribution is 2.31. The fraction of sp³-hybridized carbons (Fsp3) is 0.231. The number of nitrogens with one attached hydrogen (secondary N) is 1. The highest BCUT2D eigenvalue weighted by molar-refractivity contribution is 5.99. The van der Waals surface area contributed by atoms with E-state index in [-0.39, 0.29) is 36.1 Å². The van der Waals surface area contributed by atoms with E-state index in [1.165, 1.54) is 24.3 Å². The summed E-state index contributed by atoms with van der Waals surface area (Å²) in [6.45, 7) is 2.15. The Morgan fingerprint density at radius 3 is 2.03 bits per heavy atom. The minimum atomic E-state index is -0.316. The second kappa shape index (κ2) is 9.23. The zero-order valence-corrected chi connectivity index (χ0v) is 18.3. The van der Waals surface area contributed by atoms with Crippen LogP contribution in [0.1, 0.15) is 27.5 Å². The van der Waals surface area contributed by atoms with Gasteiger partial charge < -0.3 is 15.0 Å². The lowest BCUT2D eigenvalue weighted by atomic mass is 9.96. The van der Waals surface area contributed by atoms with E-state index in [9.17, 15) is 18.4 Å². The van der Waals surface area contributed by atoms with Gasteiger partial charge in [-0.15, -0.1) is 0 Å². The van der Waals surface area contributed by atoms with Crippen LogP contribution < -0.4 is 10.1 Å². The second-order valence-corrected chi connectivity index (χ2v) is 8.38. The molecule has 0 aromatic heterocycles. The van der Waals surface area contributed by atoms with Crippen LogP contribution in [0, 0.1) is 11.6 Å². The van der Waals surface area contributed by atoms with E-state index in [1.807, 2.05) is 0 Å². The predicted octanol–water partition coefficient (Wildman–Crippen LogP) is 3.84. The van der Waals surface area contributed by atoms with Crippen molar-refractivity contribution in [2.45, 2.75) is 6.04 Å². The molecule has 3 aromatic rings. The van der Waals surface area contributed by atoms with E-state index < -0.39 is 0 Å². The van der Waals surface area contributed by atoms with Crippen molar-refractivity contribution < 1.29 is 23.1 Å². The second-order valence-electron chi connectivity index (χ2n) is 8.38. The molecule has 0 aliphatic carbocycles. The minimum Gasteiger partial charge on any atom is -0.482 e. The first-order valence-corrected chi connectivity index (χ1v) is 11.1. The van der Waals surface area contributed by atoms with E-state index in [4.69, 9.17) is 4.74 Å². The van der Waals surface area contributed by atoms with Gasteiger partial charge in [-0.3, -0.25) is 14.5 Å². The monoisotopic (exact) mass is 463 g/mol. The maximum absolute atomic E-state index is 13.5. The fourth-order valence-corrected chi connectivity index (χ4v) is 4.49. The summed E-state index contributed by atoms with van der Waals surface area (Å²) in [6, 6.07) is 17.5. The van der Waals surface area contributed by atoms with Crippen LogP contribution >= 0.6 is 0 Å². The van der Waals surface area contributed by atoms with Crippen molar-refractivity contribution in [2.24, 2.45) is 0 Å². The Morgan fingerprint density at radius 2 is 1.44 bits per heavy atom. The first-order chi connectivity index (χ1) is 16.5. The quantitative estimate of drug-likeness (QED) is 0.639. The van der Waals surface area contributed by atoms with E-state index >= 15 is 0 Å². The van der Waals surface area contributed by atoms with Gasteiger partial charge in [0, 0.05) is 31.7 Å². The number of carbonyl (C=O) groups excluding carboxylic acids is 2. The van der Waals surface area contributed by atoms with Crippen molar-refractivity contribution in [1.29, 1.82) is 0 Å².